The summed E-state index contributed by atoms with van der Waals surface area (Å²) < 4.78 is 11.0. The number of thioether (sulfide) groups is 1. The Labute approximate surface area is 174 Å². The van der Waals surface area contributed by atoms with Gasteiger partial charge < -0.3 is 19.8 Å². The zero-order valence-corrected chi connectivity index (χ0v) is 17.4. The number of hydrogen-bond donors (Lipinski definition) is 2. The lowest BCUT2D eigenvalue weighted by Gasteiger charge is -2.28. The first-order chi connectivity index (χ1) is 14.1. The van der Waals surface area contributed by atoms with Gasteiger partial charge in [0, 0.05) is 5.70 Å². The number of hydrogen-bond acceptors (Lipinski definition) is 6. The molecule has 29 heavy (non-hydrogen) atoms. The van der Waals surface area contributed by atoms with Crippen LogP contribution in [0.15, 0.2) is 69.0 Å². The highest BCUT2D eigenvalue weighted by Crippen LogP contribution is 2.41. The van der Waals surface area contributed by atoms with E-state index in [1.807, 2.05) is 19.1 Å². The van der Waals surface area contributed by atoms with Crippen molar-refractivity contribution < 1.29 is 13.9 Å². The van der Waals surface area contributed by atoms with Crippen LogP contribution in [0.5, 0.6) is 5.75 Å². The third kappa shape index (κ3) is 4.33. The zero-order chi connectivity index (χ0) is 20.8. The number of rotatable bonds is 7. The van der Waals surface area contributed by atoms with Crippen molar-refractivity contribution in [2.24, 2.45) is 0 Å². The number of para-hydroxylation sites is 2. The lowest BCUT2D eigenvalue weighted by Crippen LogP contribution is -2.30. The molecule has 1 aliphatic heterocycles. The van der Waals surface area contributed by atoms with Crippen molar-refractivity contribution in [3.63, 3.8) is 0 Å². The Bertz CT molecular complexity index is 987. The molecular formula is C22H23N3O3S. The maximum Gasteiger partial charge on any atom is 0.254 e. The van der Waals surface area contributed by atoms with Gasteiger partial charge in [-0.05, 0) is 43.4 Å². The Balaban J connectivity index is 2.02. The van der Waals surface area contributed by atoms with Crippen molar-refractivity contribution >= 4 is 23.4 Å². The van der Waals surface area contributed by atoms with E-state index < -0.39 is 5.92 Å². The lowest BCUT2D eigenvalue weighted by atomic mass is 9.85. The van der Waals surface area contributed by atoms with Crippen LogP contribution >= 0.6 is 11.8 Å². The maximum atomic E-state index is 13.3. The van der Waals surface area contributed by atoms with Crippen molar-refractivity contribution in [2.45, 2.75) is 26.2 Å². The fourth-order valence-corrected chi connectivity index (χ4v) is 4.16. The molecule has 150 valence electrons. The highest BCUT2D eigenvalue weighted by Gasteiger charge is 2.36. The Morgan fingerprint density at radius 2 is 2.14 bits per heavy atom. The number of amides is 1. The highest BCUT2D eigenvalue weighted by molar-refractivity contribution is 8.03. The van der Waals surface area contributed by atoms with Crippen molar-refractivity contribution in [3.8, 4) is 11.8 Å². The van der Waals surface area contributed by atoms with Crippen LogP contribution in [0.3, 0.4) is 0 Å². The van der Waals surface area contributed by atoms with Crippen LogP contribution in [0.2, 0.25) is 0 Å². The van der Waals surface area contributed by atoms with E-state index in [4.69, 9.17) is 9.15 Å². The number of anilines is 1. The van der Waals surface area contributed by atoms with Crippen LogP contribution in [0.25, 0.3) is 0 Å². The van der Waals surface area contributed by atoms with Gasteiger partial charge in [0.2, 0.25) is 0 Å². The Morgan fingerprint density at radius 3 is 2.79 bits per heavy atom. The minimum Gasteiger partial charge on any atom is -0.495 e. The van der Waals surface area contributed by atoms with E-state index in [0.717, 1.165) is 17.2 Å². The average molecular weight is 410 g/mol. The Morgan fingerprint density at radius 1 is 1.34 bits per heavy atom. The Hall–Kier alpha value is -3.11. The number of carbonyl (C=O) groups is 1. The lowest BCUT2D eigenvalue weighted by molar-refractivity contribution is -0.113. The second-order valence-corrected chi connectivity index (χ2v) is 7.57. The van der Waals surface area contributed by atoms with Gasteiger partial charge in [-0.1, -0.05) is 19.1 Å². The molecule has 1 amide bonds. The van der Waals surface area contributed by atoms with Crippen LogP contribution < -0.4 is 15.4 Å². The van der Waals surface area contributed by atoms with Crippen LogP contribution in [0.1, 0.15) is 31.9 Å². The van der Waals surface area contributed by atoms with E-state index >= 15 is 0 Å². The van der Waals surface area contributed by atoms with Crippen molar-refractivity contribution in [1.82, 2.24) is 5.32 Å². The number of furan rings is 1. The first-order valence-electron chi connectivity index (χ1n) is 9.33. The summed E-state index contributed by atoms with van der Waals surface area (Å²) in [5, 5.41) is 16.8. The fourth-order valence-electron chi connectivity index (χ4n) is 3.21. The number of nitrogens with one attached hydrogen (secondary N) is 2. The number of allylic oxidation sites excluding steroid dienone is 2. The molecular weight excluding hydrogens is 386 g/mol. The quantitative estimate of drug-likeness (QED) is 0.685. The van der Waals surface area contributed by atoms with E-state index in [9.17, 15) is 10.1 Å². The predicted molar refractivity (Wildman–Crippen MR) is 114 cm³/mol. The predicted octanol–water partition coefficient (Wildman–Crippen LogP) is 4.77. The summed E-state index contributed by atoms with van der Waals surface area (Å²) in [5.74, 6) is 1.10. The molecule has 0 aliphatic carbocycles. The number of methoxy groups -OCH3 is 1. The molecule has 2 aromatic rings. The summed E-state index contributed by atoms with van der Waals surface area (Å²) in [7, 11) is 1.55. The second kappa shape index (κ2) is 9.39. The van der Waals surface area contributed by atoms with Gasteiger partial charge in [0.25, 0.3) is 5.91 Å². The fraction of sp³-hybridized carbons (Fsp3) is 0.273. The average Bonchev–Trinajstić information content (AvgIpc) is 3.26. The number of nitriles is 1. The molecule has 0 radical (unpaired) electrons. The van der Waals surface area contributed by atoms with E-state index in [1.54, 1.807) is 49.4 Å². The largest absolute Gasteiger partial charge is 0.495 e. The minimum atomic E-state index is -0.578. The van der Waals surface area contributed by atoms with Crippen LogP contribution in [0.4, 0.5) is 5.69 Å². The minimum absolute atomic E-state index is 0.312. The maximum absolute atomic E-state index is 13.3. The van der Waals surface area contributed by atoms with E-state index in [2.05, 4.69) is 23.6 Å². The monoisotopic (exact) mass is 409 g/mol. The molecule has 1 aromatic heterocycles. The van der Waals surface area contributed by atoms with Crippen LogP contribution in [-0.2, 0) is 4.79 Å². The van der Waals surface area contributed by atoms with Crippen molar-refractivity contribution in [3.05, 3.63) is 70.3 Å². The molecule has 0 saturated heterocycles. The van der Waals surface area contributed by atoms with Gasteiger partial charge in [0.15, 0.2) is 0 Å². The molecule has 0 unspecified atom stereocenters. The Kier molecular flexibility index (Phi) is 6.68. The molecule has 1 aliphatic rings. The van der Waals surface area contributed by atoms with Gasteiger partial charge >= 0.3 is 0 Å². The number of benzene rings is 1. The van der Waals surface area contributed by atoms with Gasteiger partial charge in [-0.25, -0.2) is 0 Å². The molecule has 2 heterocycles. The van der Waals surface area contributed by atoms with Crippen LogP contribution in [0, 0.1) is 11.3 Å². The van der Waals surface area contributed by atoms with Crippen molar-refractivity contribution in [2.75, 3.05) is 18.2 Å². The molecule has 2 N–H and O–H groups in total. The van der Waals surface area contributed by atoms with E-state index in [0.29, 0.717) is 34.0 Å². The number of ether oxygens (including phenoxy) is 1. The molecule has 0 fully saturated rings. The molecule has 1 aromatic carbocycles. The molecule has 0 bridgehead atoms. The normalized spacial score (nSPS) is 16.3. The summed E-state index contributed by atoms with van der Waals surface area (Å²) in [6, 6.07) is 13.0. The molecule has 3 rings (SSSR count). The van der Waals surface area contributed by atoms with Gasteiger partial charge in [-0.2, -0.15) is 5.26 Å². The van der Waals surface area contributed by atoms with E-state index in [1.165, 1.54) is 0 Å². The standard InChI is InChI=1S/C22H23N3O3S/c1-4-12-29-22-15(13-23)20(18-10-7-11-28-18)19(14(2)24-22)21(26)25-16-8-5-6-9-17(16)27-3/h5-11,20,24H,4,12H2,1-3H3,(H,25,26)/t20-/m1/s1. The van der Waals surface area contributed by atoms with Gasteiger partial charge in [-0.3, -0.25) is 4.79 Å². The smallest absolute Gasteiger partial charge is 0.254 e. The van der Waals surface area contributed by atoms with Gasteiger partial charge in [-0.15, -0.1) is 11.8 Å². The van der Waals surface area contributed by atoms with Crippen molar-refractivity contribution in [1.29, 1.82) is 5.26 Å². The third-order valence-electron chi connectivity index (χ3n) is 4.53. The first-order valence-corrected chi connectivity index (χ1v) is 10.3. The summed E-state index contributed by atoms with van der Waals surface area (Å²) in [4.78, 5) is 13.3. The van der Waals surface area contributed by atoms with Crippen LogP contribution in [-0.4, -0.2) is 18.8 Å². The molecule has 0 saturated carbocycles. The summed E-state index contributed by atoms with van der Waals surface area (Å²) in [6.45, 7) is 3.93. The number of carbonyl (C=O) groups excluding carboxylic acids is 1. The summed E-state index contributed by atoms with van der Waals surface area (Å²) >= 11 is 1.58. The number of nitrogens with zero attached hydrogens (tertiary/aromatic N) is 1. The SMILES string of the molecule is CCCSC1=C(C#N)[C@H](c2ccco2)C(C(=O)Nc2ccccc2OC)=C(C)N1. The summed E-state index contributed by atoms with van der Waals surface area (Å²) in [5.41, 5.74) is 2.18. The zero-order valence-electron chi connectivity index (χ0n) is 16.6. The summed E-state index contributed by atoms with van der Waals surface area (Å²) in [6.07, 6.45) is 2.53. The highest BCUT2D eigenvalue weighted by atomic mass is 32.2. The molecule has 1 atom stereocenters. The topological polar surface area (TPSA) is 87.3 Å². The van der Waals surface area contributed by atoms with Gasteiger partial charge in [0.1, 0.15) is 11.5 Å². The molecule has 6 nitrogen and oxygen atoms in total. The number of dihydropyridines is 1. The first kappa shape index (κ1) is 20.6. The molecule has 0 spiro atoms. The van der Waals surface area contributed by atoms with E-state index in [-0.39, 0.29) is 5.91 Å². The third-order valence-corrected chi connectivity index (χ3v) is 5.75. The van der Waals surface area contributed by atoms with Gasteiger partial charge in [0.05, 0.1) is 47.2 Å². The molecule has 7 heteroatoms. The second-order valence-electron chi connectivity index (χ2n) is 6.47.